The topological polar surface area (TPSA) is 89.1 Å². The van der Waals surface area contributed by atoms with Crippen molar-refractivity contribution in [2.24, 2.45) is 5.92 Å². The number of ether oxygens (including phenoxy) is 2. The third-order valence-corrected chi connectivity index (χ3v) is 4.97. The second-order valence-electron chi connectivity index (χ2n) is 6.49. The lowest BCUT2D eigenvalue weighted by Gasteiger charge is -2.18. The van der Waals surface area contributed by atoms with Crippen LogP contribution in [0, 0.1) is 5.92 Å². The molecule has 0 spiro atoms. The Balaban J connectivity index is 1.44. The molecule has 0 amide bonds. The number of fused-ring (bicyclic) bond motifs is 3. The number of rotatable bonds is 6. The minimum atomic E-state index is -0.351. The normalized spacial score (nSPS) is 25.3. The van der Waals surface area contributed by atoms with E-state index < -0.39 is 0 Å². The molecule has 0 radical (unpaired) electrons. The highest BCUT2D eigenvalue weighted by Gasteiger charge is 2.40. The molecule has 3 atom stereocenters. The van der Waals surface area contributed by atoms with Crippen LogP contribution >= 0.6 is 0 Å². The minimum Gasteiger partial charge on any atom is -0.462 e. The van der Waals surface area contributed by atoms with Crippen LogP contribution in [0.5, 0.6) is 0 Å². The maximum absolute atomic E-state index is 12.1. The Labute approximate surface area is 140 Å². The molecule has 0 aliphatic carbocycles. The summed E-state index contributed by atoms with van der Waals surface area (Å²) in [7, 11) is 0. The predicted molar refractivity (Wildman–Crippen MR) is 89.0 cm³/mol. The fourth-order valence-corrected chi connectivity index (χ4v) is 3.83. The number of H-pyrrole nitrogens is 1. The Bertz CT molecular complexity index is 745. The molecule has 4 rings (SSSR count). The van der Waals surface area contributed by atoms with Gasteiger partial charge in [-0.1, -0.05) is 0 Å². The number of pyridine rings is 1. The van der Waals surface area contributed by atoms with Gasteiger partial charge in [0, 0.05) is 6.54 Å². The molecule has 2 aromatic rings. The van der Waals surface area contributed by atoms with Crippen molar-refractivity contribution in [2.45, 2.75) is 44.8 Å². The fourth-order valence-electron chi connectivity index (χ4n) is 3.83. The van der Waals surface area contributed by atoms with E-state index in [4.69, 9.17) is 9.47 Å². The summed E-state index contributed by atoms with van der Waals surface area (Å²) in [5.41, 5.74) is 1.08. The first-order valence-electron chi connectivity index (χ1n) is 8.65. The van der Waals surface area contributed by atoms with E-state index in [0.717, 1.165) is 13.0 Å². The van der Waals surface area contributed by atoms with E-state index in [9.17, 15) is 4.79 Å². The molecule has 2 aliphatic heterocycles. The summed E-state index contributed by atoms with van der Waals surface area (Å²) in [5.74, 6) is 0.950. The summed E-state index contributed by atoms with van der Waals surface area (Å²) in [6.07, 6.45) is 7.16. The molecule has 2 saturated heterocycles. The number of aromatic nitrogens is 3. The van der Waals surface area contributed by atoms with E-state index in [1.807, 2.05) is 0 Å². The van der Waals surface area contributed by atoms with Gasteiger partial charge in [0.25, 0.3) is 0 Å². The fraction of sp³-hybridized carbons (Fsp3) is 0.588. The van der Waals surface area contributed by atoms with Gasteiger partial charge in [0.05, 0.1) is 36.0 Å². The Morgan fingerprint density at radius 3 is 3.17 bits per heavy atom. The van der Waals surface area contributed by atoms with Gasteiger partial charge in [0.2, 0.25) is 0 Å². The number of carbonyl (C=O) groups excluding carboxylic acids is 1. The highest BCUT2D eigenvalue weighted by Crippen LogP contribution is 2.40. The van der Waals surface area contributed by atoms with Crippen LogP contribution in [0.25, 0.3) is 11.0 Å². The first-order chi connectivity index (χ1) is 11.7. The third kappa shape index (κ3) is 2.84. The number of hydrogen-bond donors (Lipinski definition) is 2. The molecule has 0 saturated carbocycles. The first-order valence-corrected chi connectivity index (χ1v) is 8.65. The van der Waals surface area contributed by atoms with Crippen molar-refractivity contribution in [3.63, 3.8) is 0 Å². The molecule has 24 heavy (non-hydrogen) atoms. The Hall–Kier alpha value is -2.15. The van der Waals surface area contributed by atoms with Gasteiger partial charge >= 0.3 is 5.97 Å². The van der Waals surface area contributed by atoms with Gasteiger partial charge in [0.1, 0.15) is 5.82 Å². The van der Waals surface area contributed by atoms with E-state index in [2.05, 4.69) is 20.5 Å². The smallest absolute Gasteiger partial charge is 0.339 e. The van der Waals surface area contributed by atoms with Crippen LogP contribution < -0.4 is 5.32 Å². The van der Waals surface area contributed by atoms with Crippen LogP contribution in [0.3, 0.4) is 0 Å². The van der Waals surface area contributed by atoms with Crippen molar-refractivity contribution >= 4 is 22.8 Å². The van der Waals surface area contributed by atoms with E-state index in [1.165, 1.54) is 19.3 Å². The van der Waals surface area contributed by atoms with Gasteiger partial charge in [-0.15, -0.1) is 0 Å². The molecular formula is C17H22N4O3. The van der Waals surface area contributed by atoms with Crippen LogP contribution in [0.1, 0.15) is 43.0 Å². The third-order valence-electron chi connectivity index (χ3n) is 4.97. The molecule has 2 aromatic heterocycles. The van der Waals surface area contributed by atoms with Gasteiger partial charge in [-0.3, -0.25) is 5.10 Å². The summed E-state index contributed by atoms with van der Waals surface area (Å²) in [6, 6.07) is 1.74. The molecule has 2 fully saturated rings. The molecule has 2 aliphatic rings. The molecule has 7 heteroatoms. The van der Waals surface area contributed by atoms with Crippen molar-refractivity contribution in [3.05, 3.63) is 17.8 Å². The van der Waals surface area contributed by atoms with Gasteiger partial charge in [-0.2, -0.15) is 5.10 Å². The molecular weight excluding hydrogens is 308 g/mol. The van der Waals surface area contributed by atoms with Crippen molar-refractivity contribution in [3.8, 4) is 0 Å². The van der Waals surface area contributed by atoms with E-state index in [1.54, 1.807) is 19.2 Å². The number of anilines is 1. The Morgan fingerprint density at radius 2 is 2.42 bits per heavy atom. The summed E-state index contributed by atoms with van der Waals surface area (Å²) in [4.78, 5) is 16.6. The SMILES string of the molecule is CCOC(=O)c1cc(NCCC2CC3CCC2O3)nc2[nH]ncc12. The second-order valence-corrected chi connectivity index (χ2v) is 6.49. The van der Waals surface area contributed by atoms with Crippen molar-refractivity contribution in [1.82, 2.24) is 15.2 Å². The molecule has 3 unspecified atom stereocenters. The number of hydrogen-bond acceptors (Lipinski definition) is 6. The van der Waals surface area contributed by atoms with Crippen molar-refractivity contribution in [2.75, 3.05) is 18.5 Å². The minimum absolute atomic E-state index is 0.341. The molecule has 4 heterocycles. The lowest BCUT2D eigenvalue weighted by Crippen LogP contribution is -2.19. The van der Waals surface area contributed by atoms with Crippen molar-refractivity contribution < 1.29 is 14.3 Å². The molecule has 7 nitrogen and oxygen atoms in total. The monoisotopic (exact) mass is 330 g/mol. The number of aromatic amines is 1. The molecule has 2 bridgehead atoms. The van der Waals surface area contributed by atoms with E-state index in [-0.39, 0.29) is 5.97 Å². The van der Waals surface area contributed by atoms with Crippen LogP contribution in [-0.4, -0.2) is 46.5 Å². The zero-order valence-electron chi connectivity index (χ0n) is 13.7. The standard InChI is InChI=1S/C17H22N4O3/c1-2-23-17(22)12-8-15(20-16-13(12)9-19-21-16)18-6-5-10-7-11-3-4-14(10)24-11/h8-11,14H,2-7H2,1H3,(H2,18,19,20,21). The van der Waals surface area contributed by atoms with Crippen LogP contribution in [0.15, 0.2) is 12.3 Å². The second kappa shape index (κ2) is 6.39. The van der Waals surface area contributed by atoms with Gasteiger partial charge in [-0.25, -0.2) is 9.78 Å². The highest BCUT2D eigenvalue weighted by molar-refractivity contribution is 6.03. The number of nitrogens with one attached hydrogen (secondary N) is 2. The Morgan fingerprint density at radius 1 is 1.50 bits per heavy atom. The summed E-state index contributed by atoms with van der Waals surface area (Å²) in [5, 5.41) is 10.8. The lowest BCUT2D eigenvalue weighted by molar-refractivity contribution is 0.0528. The number of carbonyl (C=O) groups is 1. The maximum Gasteiger partial charge on any atom is 0.339 e. The lowest BCUT2D eigenvalue weighted by atomic mass is 9.87. The summed E-state index contributed by atoms with van der Waals surface area (Å²) >= 11 is 0. The maximum atomic E-state index is 12.1. The highest BCUT2D eigenvalue weighted by atomic mass is 16.5. The van der Waals surface area contributed by atoms with Crippen LogP contribution in [-0.2, 0) is 9.47 Å². The van der Waals surface area contributed by atoms with Crippen LogP contribution in [0.4, 0.5) is 5.82 Å². The predicted octanol–water partition coefficient (Wildman–Crippen LogP) is 2.50. The zero-order valence-corrected chi connectivity index (χ0v) is 13.7. The first kappa shape index (κ1) is 15.4. The van der Waals surface area contributed by atoms with Gasteiger partial charge in [-0.05, 0) is 44.6 Å². The zero-order chi connectivity index (χ0) is 16.5. The molecule has 128 valence electrons. The average Bonchev–Trinajstić information content (AvgIpc) is 3.30. The van der Waals surface area contributed by atoms with Gasteiger partial charge < -0.3 is 14.8 Å². The largest absolute Gasteiger partial charge is 0.462 e. The average molecular weight is 330 g/mol. The number of esters is 1. The van der Waals surface area contributed by atoms with E-state index >= 15 is 0 Å². The van der Waals surface area contributed by atoms with E-state index in [0.29, 0.717) is 47.1 Å². The molecule has 0 aromatic carbocycles. The van der Waals surface area contributed by atoms with Gasteiger partial charge in [0.15, 0.2) is 5.65 Å². The number of nitrogens with zero attached hydrogens (tertiary/aromatic N) is 2. The summed E-state index contributed by atoms with van der Waals surface area (Å²) in [6.45, 7) is 2.95. The Kier molecular flexibility index (Phi) is 4.10. The van der Waals surface area contributed by atoms with Crippen LogP contribution in [0.2, 0.25) is 0 Å². The van der Waals surface area contributed by atoms with Crippen molar-refractivity contribution in [1.29, 1.82) is 0 Å². The summed E-state index contributed by atoms with van der Waals surface area (Å²) < 4.78 is 11.0. The molecule has 2 N–H and O–H groups in total. The quantitative estimate of drug-likeness (QED) is 0.791.